The molecule has 1 atom stereocenters. The molecule has 0 bridgehead atoms. The van der Waals surface area contributed by atoms with Crippen LogP contribution in [0.25, 0.3) is 0 Å². The van der Waals surface area contributed by atoms with E-state index in [2.05, 4.69) is 5.32 Å². The van der Waals surface area contributed by atoms with Crippen LogP contribution in [0.2, 0.25) is 0 Å². The van der Waals surface area contributed by atoms with Crippen molar-refractivity contribution in [2.24, 2.45) is 5.73 Å². The molecule has 16 heavy (non-hydrogen) atoms. The number of carbonyl (C=O) groups is 1. The van der Waals surface area contributed by atoms with Gasteiger partial charge in [-0.15, -0.1) is 0 Å². The van der Waals surface area contributed by atoms with Gasteiger partial charge in [0.2, 0.25) is 5.91 Å². The van der Waals surface area contributed by atoms with Crippen LogP contribution in [-0.2, 0) is 17.9 Å². The number of nitrogens with one attached hydrogen (secondary N) is 1. The molecule has 1 rings (SSSR count). The highest BCUT2D eigenvalue weighted by Gasteiger charge is 2.06. The van der Waals surface area contributed by atoms with Crippen molar-refractivity contribution in [1.82, 2.24) is 5.32 Å². The van der Waals surface area contributed by atoms with Crippen LogP contribution in [0.15, 0.2) is 24.3 Å². The predicted octanol–water partition coefficient (Wildman–Crippen LogP) is 0.532. The lowest BCUT2D eigenvalue weighted by molar-refractivity contribution is -0.118. The SMILES string of the molecule is CC(CC(N)=O)NCc1ccccc1CO. The van der Waals surface area contributed by atoms with E-state index >= 15 is 0 Å². The number of nitrogens with two attached hydrogens (primary N) is 1. The summed E-state index contributed by atoms with van der Waals surface area (Å²) < 4.78 is 0. The standard InChI is InChI=1S/C12H18N2O2/c1-9(6-12(13)16)14-7-10-4-2-3-5-11(10)8-15/h2-5,9,14-15H,6-8H2,1H3,(H2,13,16). The molecule has 0 saturated heterocycles. The van der Waals surface area contributed by atoms with Crippen molar-refractivity contribution in [3.05, 3.63) is 35.4 Å². The first-order valence-electron chi connectivity index (χ1n) is 5.32. The number of carbonyl (C=O) groups excluding carboxylic acids is 1. The van der Waals surface area contributed by atoms with Gasteiger partial charge < -0.3 is 16.2 Å². The summed E-state index contributed by atoms with van der Waals surface area (Å²) in [6, 6.07) is 7.70. The molecule has 1 aromatic rings. The highest BCUT2D eigenvalue weighted by molar-refractivity contribution is 5.74. The normalized spacial score (nSPS) is 12.4. The van der Waals surface area contributed by atoms with Crippen molar-refractivity contribution in [2.75, 3.05) is 0 Å². The molecule has 1 unspecified atom stereocenters. The zero-order valence-corrected chi connectivity index (χ0v) is 9.44. The molecule has 0 aliphatic rings. The van der Waals surface area contributed by atoms with Crippen LogP contribution in [0, 0.1) is 0 Å². The molecule has 0 fully saturated rings. The minimum absolute atomic E-state index is 0.0298. The van der Waals surface area contributed by atoms with Gasteiger partial charge in [0.1, 0.15) is 0 Å². The Morgan fingerprint density at radius 3 is 2.62 bits per heavy atom. The maximum absolute atomic E-state index is 10.7. The molecule has 1 amide bonds. The number of benzene rings is 1. The second-order valence-corrected chi connectivity index (χ2v) is 3.88. The van der Waals surface area contributed by atoms with E-state index < -0.39 is 0 Å². The summed E-state index contributed by atoms with van der Waals surface area (Å²) in [5.74, 6) is -0.310. The van der Waals surface area contributed by atoms with E-state index in [1.807, 2.05) is 31.2 Å². The Morgan fingerprint density at radius 1 is 1.44 bits per heavy atom. The molecular weight excluding hydrogens is 204 g/mol. The third-order valence-corrected chi connectivity index (χ3v) is 2.44. The number of amides is 1. The maximum atomic E-state index is 10.7. The molecular formula is C12H18N2O2. The molecule has 0 radical (unpaired) electrons. The number of rotatable bonds is 6. The zero-order chi connectivity index (χ0) is 12.0. The van der Waals surface area contributed by atoms with Crippen LogP contribution in [0.3, 0.4) is 0 Å². The van der Waals surface area contributed by atoms with Crippen molar-refractivity contribution >= 4 is 5.91 Å². The van der Waals surface area contributed by atoms with Crippen LogP contribution in [0.1, 0.15) is 24.5 Å². The van der Waals surface area contributed by atoms with Crippen LogP contribution < -0.4 is 11.1 Å². The quantitative estimate of drug-likeness (QED) is 0.657. The van der Waals surface area contributed by atoms with Gasteiger partial charge in [-0.25, -0.2) is 0 Å². The zero-order valence-electron chi connectivity index (χ0n) is 9.44. The molecule has 4 nitrogen and oxygen atoms in total. The molecule has 1 aromatic carbocycles. The van der Waals surface area contributed by atoms with E-state index in [9.17, 15) is 4.79 Å². The second-order valence-electron chi connectivity index (χ2n) is 3.88. The van der Waals surface area contributed by atoms with Crippen molar-refractivity contribution in [3.8, 4) is 0 Å². The fourth-order valence-electron chi connectivity index (χ4n) is 1.54. The molecule has 0 saturated carbocycles. The van der Waals surface area contributed by atoms with E-state index in [4.69, 9.17) is 10.8 Å². The van der Waals surface area contributed by atoms with Crippen LogP contribution in [0.5, 0.6) is 0 Å². The van der Waals surface area contributed by atoms with Gasteiger partial charge >= 0.3 is 0 Å². The molecule has 4 N–H and O–H groups in total. The topological polar surface area (TPSA) is 75.4 Å². The number of primary amides is 1. The van der Waals surface area contributed by atoms with Gasteiger partial charge in [-0.2, -0.15) is 0 Å². The van der Waals surface area contributed by atoms with E-state index in [1.165, 1.54) is 0 Å². The summed E-state index contributed by atoms with van der Waals surface area (Å²) in [6.07, 6.45) is 0.321. The summed E-state index contributed by atoms with van der Waals surface area (Å²) in [6.45, 7) is 2.57. The summed E-state index contributed by atoms with van der Waals surface area (Å²) in [5.41, 5.74) is 7.05. The predicted molar refractivity (Wildman–Crippen MR) is 62.5 cm³/mol. The van der Waals surface area contributed by atoms with Crippen LogP contribution in [-0.4, -0.2) is 17.1 Å². The summed E-state index contributed by atoms with van der Waals surface area (Å²) in [5, 5.41) is 12.3. The van der Waals surface area contributed by atoms with Crippen LogP contribution >= 0.6 is 0 Å². The first-order chi connectivity index (χ1) is 7.63. The molecule has 0 spiro atoms. The third kappa shape index (κ3) is 4.00. The first kappa shape index (κ1) is 12.7. The Bertz CT molecular complexity index is 353. The number of hydrogen-bond acceptors (Lipinski definition) is 3. The Hall–Kier alpha value is -1.39. The van der Waals surface area contributed by atoms with Crippen molar-refractivity contribution in [2.45, 2.75) is 32.5 Å². The molecule has 0 aliphatic heterocycles. The Labute approximate surface area is 95.5 Å². The highest BCUT2D eigenvalue weighted by atomic mass is 16.3. The second kappa shape index (κ2) is 6.25. The van der Waals surface area contributed by atoms with Gasteiger partial charge in [0, 0.05) is 19.0 Å². The van der Waals surface area contributed by atoms with Gasteiger partial charge in [-0.1, -0.05) is 24.3 Å². The molecule has 0 aromatic heterocycles. The van der Waals surface area contributed by atoms with E-state index in [0.29, 0.717) is 13.0 Å². The fraction of sp³-hybridized carbons (Fsp3) is 0.417. The largest absolute Gasteiger partial charge is 0.392 e. The van der Waals surface area contributed by atoms with Gasteiger partial charge in [0.15, 0.2) is 0 Å². The lowest BCUT2D eigenvalue weighted by atomic mass is 10.1. The minimum Gasteiger partial charge on any atom is -0.392 e. The van der Waals surface area contributed by atoms with E-state index in [1.54, 1.807) is 0 Å². The van der Waals surface area contributed by atoms with Crippen molar-refractivity contribution in [3.63, 3.8) is 0 Å². The monoisotopic (exact) mass is 222 g/mol. The Balaban J connectivity index is 2.50. The van der Waals surface area contributed by atoms with Gasteiger partial charge in [0.25, 0.3) is 0 Å². The summed E-state index contributed by atoms with van der Waals surface area (Å²) >= 11 is 0. The average molecular weight is 222 g/mol. The first-order valence-corrected chi connectivity index (χ1v) is 5.32. The average Bonchev–Trinajstić information content (AvgIpc) is 2.26. The lowest BCUT2D eigenvalue weighted by Gasteiger charge is -2.13. The molecule has 0 aliphatic carbocycles. The van der Waals surface area contributed by atoms with E-state index in [-0.39, 0.29) is 18.6 Å². The molecule has 0 heterocycles. The minimum atomic E-state index is -0.310. The van der Waals surface area contributed by atoms with Gasteiger partial charge in [-0.3, -0.25) is 4.79 Å². The summed E-state index contributed by atoms with van der Waals surface area (Å²) in [4.78, 5) is 10.7. The fourth-order valence-corrected chi connectivity index (χ4v) is 1.54. The van der Waals surface area contributed by atoms with Crippen molar-refractivity contribution in [1.29, 1.82) is 0 Å². The smallest absolute Gasteiger partial charge is 0.218 e. The number of aliphatic hydroxyl groups excluding tert-OH is 1. The van der Waals surface area contributed by atoms with E-state index in [0.717, 1.165) is 11.1 Å². The van der Waals surface area contributed by atoms with Crippen LogP contribution in [0.4, 0.5) is 0 Å². The Kier molecular flexibility index (Phi) is 4.95. The van der Waals surface area contributed by atoms with Crippen molar-refractivity contribution < 1.29 is 9.90 Å². The molecule has 4 heteroatoms. The lowest BCUT2D eigenvalue weighted by Crippen LogP contribution is -2.30. The highest BCUT2D eigenvalue weighted by Crippen LogP contribution is 2.08. The third-order valence-electron chi connectivity index (χ3n) is 2.44. The molecule has 88 valence electrons. The van der Waals surface area contributed by atoms with Gasteiger partial charge in [-0.05, 0) is 18.1 Å². The Morgan fingerprint density at radius 2 is 2.06 bits per heavy atom. The maximum Gasteiger partial charge on any atom is 0.218 e. The van der Waals surface area contributed by atoms with Gasteiger partial charge in [0.05, 0.1) is 6.61 Å². The number of aliphatic hydroxyl groups is 1. The number of hydrogen-bond donors (Lipinski definition) is 3. The summed E-state index contributed by atoms with van der Waals surface area (Å²) in [7, 11) is 0.